The van der Waals surface area contributed by atoms with Crippen molar-refractivity contribution in [1.29, 1.82) is 0 Å². The maximum atomic E-state index is 6.22. The second kappa shape index (κ2) is 5.31. The summed E-state index contributed by atoms with van der Waals surface area (Å²) in [4.78, 5) is 0. The number of halogens is 1. The van der Waals surface area contributed by atoms with Crippen molar-refractivity contribution in [3.05, 3.63) is 46.5 Å². The fourth-order valence-corrected chi connectivity index (χ4v) is 1.80. The highest BCUT2D eigenvalue weighted by Gasteiger charge is 2.13. The van der Waals surface area contributed by atoms with Crippen LogP contribution in [0.25, 0.3) is 0 Å². The number of hydrazine groups is 1. The summed E-state index contributed by atoms with van der Waals surface area (Å²) in [5.74, 6) is 5.52. The maximum Gasteiger partial charge on any atom is 0.0511 e. The maximum absolute atomic E-state index is 6.22. The summed E-state index contributed by atoms with van der Waals surface area (Å²) >= 11 is 6.22. The molecule has 1 atom stereocenters. The predicted molar refractivity (Wildman–Crippen MR) is 65.7 cm³/mol. The van der Waals surface area contributed by atoms with Crippen molar-refractivity contribution in [1.82, 2.24) is 5.43 Å². The zero-order valence-electron chi connectivity index (χ0n) is 9.18. The molecule has 1 aromatic rings. The molecule has 0 fully saturated rings. The summed E-state index contributed by atoms with van der Waals surface area (Å²) in [6, 6.07) is 6.00. The van der Waals surface area contributed by atoms with Gasteiger partial charge in [0.1, 0.15) is 0 Å². The second-order valence-electron chi connectivity index (χ2n) is 3.86. The molecular weight excluding hydrogens is 208 g/mol. The van der Waals surface area contributed by atoms with E-state index in [0.29, 0.717) is 0 Å². The Kier molecular flexibility index (Phi) is 4.33. The zero-order valence-corrected chi connectivity index (χ0v) is 9.93. The molecule has 0 amide bonds. The Bertz CT molecular complexity index is 361. The smallest absolute Gasteiger partial charge is 0.0511 e. The van der Waals surface area contributed by atoms with Gasteiger partial charge >= 0.3 is 0 Å². The van der Waals surface area contributed by atoms with E-state index in [1.807, 2.05) is 32.0 Å². The third-order valence-electron chi connectivity index (χ3n) is 2.35. The van der Waals surface area contributed by atoms with Gasteiger partial charge in [-0.25, -0.2) is 0 Å². The highest BCUT2D eigenvalue weighted by molar-refractivity contribution is 6.32. The van der Waals surface area contributed by atoms with Gasteiger partial charge in [-0.3, -0.25) is 11.3 Å². The first kappa shape index (κ1) is 12.2. The van der Waals surface area contributed by atoms with E-state index in [9.17, 15) is 0 Å². The van der Waals surface area contributed by atoms with Gasteiger partial charge in [-0.1, -0.05) is 35.4 Å². The lowest BCUT2D eigenvalue weighted by Crippen LogP contribution is -2.28. The SMILES string of the molecule is C=C(C)CC(NN)c1cccc(C)c1Cl. The first-order valence-corrected chi connectivity index (χ1v) is 5.29. The molecule has 15 heavy (non-hydrogen) atoms. The number of hydrogen-bond acceptors (Lipinski definition) is 2. The molecule has 0 bridgehead atoms. The standard InChI is InChI=1S/C12H17ClN2/c1-8(2)7-11(15-14)10-6-4-5-9(3)12(10)13/h4-6,11,15H,1,7,14H2,2-3H3. The van der Waals surface area contributed by atoms with E-state index in [2.05, 4.69) is 12.0 Å². The van der Waals surface area contributed by atoms with Crippen LogP contribution in [0, 0.1) is 6.92 Å². The summed E-state index contributed by atoms with van der Waals surface area (Å²) < 4.78 is 0. The van der Waals surface area contributed by atoms with Gasteiger partial charge < -0.3 is 0 Å². The third kappa shape index (κ3) is 3.06. The number of rotatable bonds is 4. The number of hydrogen-bond donors (Lipinski definition) is 2. The van der Waals surface area contributed by atoms with E-state index >= 15 is 0 Å². The number of nitrogens with one attached hydrogen (secondary N) is 1. The van der Waals surface area contributed by atoms with E-state index in [1.165, 1.54) is 0 Å². The minimum Gasteiger partial charge on any atom is -0.271 e. The highest BCUT2D eigenvalue weighted by Crippen LogP contribution is 2.28. The summed E-state index contributed by atoms with van der Waals surface area (Å²) in [5, 5.41) is 0.779. The lowest BCUT2D eigenvalue weighted by atomic mass is 9.99. The van der Waals surface area contributed by atoms with Gasteiger partial charge in [0.25, 0.3) is 0 Å². The number of nitrogens with two attached hydrogens (primary N) is 1. The van der Waals surface area contributed by atoms with Gasteiger partial charge in [-0.15, -0.1) is 6.58 Å². The van der Waals surface area contributed by atoms with Gasteiger partial charge in [-0.05, 0) is 31.4 Å². The van der Waals surface area contributed by atoms with Gasteiger partial charge in [-0.2, -0.15) is 0 Å². The Morgan fingerprint density at radius 3 is 2.80 bits per heavy atom. The zero-order chi connectivity index (χ0) is 11.4. The van der Waals surface area contributed by atoms with Gasteiger partial charge in [0.05, 0.1) is 6.04 Å². The Hall–Kier alpha value is -0.830. The van der Waals surface area contributed by atoms with Crippen LogP contribution in [-0.2, 0) is 0 Å². The molecule has 0 aliphatic carbocycles. The average molecular weight is 225 g/mol. The van der Waals surface area contributed by atoms with Gasteiger partial charge in [0.2, 0.25) is 0 Å². The molecule has 3 N–H and O–H groups in total. The molecule has 0 aliphatic heterocycles. The first-order valence-electron chi connectivity index (χ1n) is 4.91. The molecule has 1 rings (SSSR count). The number of aryl methyl sites for hydroxylation is 1. The lowest BCUT2D eigenvalue weighted by molar-refractivity contribution is 0.550. The van der Waals surface area contributed by atoms with Crippen LogP contribution in [0.15, 0.2) is 30.4 Å². The molecule has 82 valence electrons. The molecule has 0 saturated carbocycles. The first-order chi connectivity index (χ1) is 7.06. The molecule has 0 aromatic heterocycles. The number of benzene rings is 1. The van der Waals surface area contributed by atoms with Gasteiger partial charge in [0, 0.05) is 5.02 Å². The molecule has 0 saturated heterocycles. The quantitative estimate of drug-likeness (QED) is 0.469. The predicted octanol–water partition coefficient (Wildman–Crippen LogP) is 3.12. The van der Waals surface area contributed by atoms with E-state index in [0.717, 1.165) is 28.1 Å². The van der Waals surface area contributed by atoms with Crippen LogP contribution >= 0.6 is 11.6 Å². The van der Waals surface area contributed by atoms with E-state index in [4.69, 9.17) is 17.4 Å². The van der Waals surface area contributed by atoms with Crippen LogP contribution in [0.3, 0.4) is 0 Å². The van der Waals surface area contributed by atoms with Crippen LogP contribution in [-0.4, -0.2) is 0 Å². The molecule has 0 spiro atoms. The molecule has 0 heterocycles. The highest BCUT2D eigenvalue weighted by atomic mass is 35.5. The van der Waals surface area contributed by atoms with E-state index in [-0.39, 0.29) is 6.04 Å². The van der Waals surface area contributed by atoms with Crippen molar-refractivity contribution in [2.75, 3.05) is 0 Å². The monoisotopic (exact) mass is 224 g/mol. The normalized spacial score (nSPS) is 12.5. The lowest BCUT2D eigenvalue weighted by Gasteiger charge is -2.18. The van der Waals surface area contributed by atoms with E-state index < -0.39 is 0 Å². The minimum absolute atomic E-state index is 0.0369. The van der Waals surface area contributed by atoms with Crippen molar-refractivity contribution in [2.45, 2.75) is 26.3 Å². The molecule has 1 unspecified atom stereocenters. The second-order valence-corrected chi connectivity index (χ2v) is 4.24. The average Bonchev–Trinajstić information content (AvgIpc) is 2.19. The fourth-order valence-electron chi connectivity index (χ4n) is 1.55. The molecule has 0 aliphatic rings. The van der Waals surface area contributed by atoms with Crippen LogP contribution < -0.4 is 11.3 Å². The Balaban J connectivity index is 3.01. The Morgan fingerprint density at radius 1 is 1.60 bits per heavy atom. The molecule has 2 nitrogen and oxygen atoms in total. The van der Waals surface area contributed by atoms with Crippen LogP contribution in [0.1, 0.15) is 30.5 Å². The van der Waals surface area contributed by atoms with Crippen LogP contribution in [0.4, 0.5) is 0 Å². The van der Waals surface area contributed by atoms with Crippen molar-refractivity contribution in [2.24, 2.45) is 5.84 Å². The summed E-state index contributed by atoms with van der Waals surface area (Å²) in [6.45, 7) is 7.85. The minimum atomic E-state index is 0.0369. The topological polar surface area (TPSA) is 38.0 Å². The Labute approximate surface area is 96.1 Å². The largest absolute Gasteiger partial charge is 0.271 e. The van der Waals surface area contributed by atoms with Crippen molar-refractivity contribution < 1.29 is 0 Å². The molecular formula is C12H17ClN2. The van der Waals surface area contributed by atoms with E-state index in [1.54, 1.807) is 0 Å². The van der Waals surface area contributed by atoms with Crippen LogP contribution in [0.2, 0.25) is 5.02 Å². The molecule has 0 radical (unpaired) electrons. The molecule has 3 heteroatoms. The fraction of sp³-hybridized carbons (Fsp3) is 0.333. The third-order valence-corrected chi connectivity index (χ3v) is 2.87. The van der Waals surface area contributed by atoms with Crippen LogP contribution in [0.5, 0.6) is 0 Å². The Morgan fingerprint density at radius 2 is 2.27 bits per heavy atom. The van der Waals surface area contributed by atoms with Crippen molar-refractivity contribution >= 4 is 11.6 Å². The summed E-state index contributed by atoms with van der Waals surface area (Å²) in [7, 11) is 0. The van der Waals surface area contributed by atoms with Gasteiger partial charge in [0.15, 0.2) is 0 Å². The summed E-state index contributed by atoms with van der Waals surface area (Å²) in [5.41, 5.74) is 5.95. The van der Waals surface area contributed by atoms with Crippen molar-refractivity contribution in [3.8, 4) is 0 Å². The van der Waals surface area contributed by atoms with Crippen molar-refractivity contribution in [3.63, 3.8) is 0 Å². The molecule has 1 aromatic carbocycles. The summed E-state index contributed by atoms with van der Waals surface area (Å²) in [6.07, 6.45) is 0.791.